The maximum atomic E-state index is 12.9. The Kier molecular flexibility index (Phi) is 4.50. The molecule has 1 amide bonds. The van der Waals surface area contributed by atoms with E-state index in [1.807, 2.05) is 42.9 Å². The molecule has 0 spiro atoms. The third-order valence-electron chi connectivity index (χ3n) is 6.07. The Bertz CT molecular complexity index is 704. The van der Waals surface area contributed by atoms with E-state index in [1.165, 1.54) is 24.8 Å². The van der Waals surface area contributed by atoms with Gasteiger partial charge in [0.15, 0.2) is 0 Å². The Hall–Kier alpha value is -1.89. The number of carbonyl (C=O) groups is 1. The van der Waals surface area contributed by atoms with E-state index in [-0.39, 0.29) is 5.91 Å². The fourth-order valence-electron chi connectivity index (χ4n) is 4.67. The summed E-state index contributed by atoms with van der Waals surface area (Å²) in [7, 11) is 7.94. The minimum Gasteiger partial charge on any atom is -0.362 e. The van der Waals surface area contributed by atoms with Gasteiger partial charge in [-0.3, -0.25) is 9.69 Å². The Labute approximate surface area is 156 Å². The lowest BCUT2D eigenvalue weighted by Crippen LogP contribution is -2.45. The number of fused-ring (bicyclic) bond motifs is 3. The van der Waals surface area contributed by atoms with Crippen molar-refractivity contribution in [3.8, 4) is 0 Å². The third-order valence-corrected chi connectivity index (χ3v) is 6.07. The zero-order valence-electron chi connectivity index (χ0n) is 16.4. The van der Waals surface area contributed by atoms with Crippen molar-refractivity contribution in [2.75, 3.05) is 57.6 Å². The van der Waals surface area contributed by atoms with Gasteiger partial charge in [-0.15, -0.1) is 0 Å². The van der Waals surface area contributed by atoms with Gasteiger partial charge in [0.2, 0.25) is 11.9 Å². The molecule has 1 saturated heterocycles. The highest BCUT2D eigenvalue weighted by atomic mass is 16.2. The maximum Gasteiger partial charge on any atom is 0.237 e. The highest BCUT2D eigenvalue weighted by Gasteiger charge is 2.39. The molecular formula is C19H30N6O. The normalized spacial score (nSPS) is 24.7. The Balaban J connectivity index is 1.50. The number of hydrogen-bond acceptors (Lipinski definition) is 6. The first-order valence-corrected chi connectivity index (χ1v) is 9.68. The predicted molar refractivity (Wildman–Crippen MR) is 103 cm³/mol. The molecule has 0 aromatic carbocycles. The van der Waals surface area contributed by atoms with Crippen LogP contribution >= 0.6 is 0 Å². The predicted octanol–water partition coefficient (Wildman–Crippen LogP) is 0.978. The molecule has 1 aromatic heterocycles. The SMILES string of the molecule is CN(C)c1nc2c(c(N(C)C)n1)CCN(C(=O)CN1C[C@H]3CC[C@@H]1C3)C2. The molecule has 1 aliphatic carbocycles. The molecule has 2 atom stereocenters. The quantitative estimate of drug-likeness (QED) is 0.800. The summed E-state index contributed by atoms with van der Waals surface area (Å²) in [6, 6.07) is 0.643. The molecule has 26 heavy (non-hydrogen) atoms. The number of carbonyl (C=O) groups excluding carboxylic acids is 1. The first kappa shape index (κ1) is 17.5. The summed E-state index contributed by atoms with van der Waals surface area (Å²) in [6.07, 6.45) is 4.74. The van der Waals surface area contributed by atoms with E-state index in [1.54, 1.807) is 0 Å². The summed E-state index contributed by atoms with van der Waals surface area (Å²) in [5.74, 6) is 2.76. The first-order chi connectivity index (χ1) is 12.4. The zero-order chi connectivity index (χ0) is 18.4. The van der Waals surface area contributed by atoms with Gasteiger partial charge in [-0.1, -0.05) is 0 Å². The lowest BCUT2D eigenvalue weighted by atomic mass is 10.0. The Morgan fingerprint density at radius 2 is 1.96 bits per heavy atom. The number of anilines is 2. The highest BCUT2D eigenvalue weighted by molar-refractivity contribution is 5.79. The molecule has 142 valence electrons. The van der Waals surface area contributed by atoms with Gasteiger partial charge < -0.3 is 14.7 Å². The number of likely N-dealkylation sites (tertiary alicyclic amines) is 1. The maximum absolute atomic E-state index is 12.9. The average Bonchev–Trinajstić information content (AvgIpc) is 3.22. The molecule has 4 rings (SSSR count). The topological polar surface area (TPSA) is 55.8 Å². The van der Waals surface area contributed by atoms with Crippen LogP contribution in [0.3, 0.4) is 0 Å². The summed E-state index contributed by atoms with van der Waals surface area (Å²) in [4.78, 5) is 30.7. The van der Waals surface area contributed by atoms with Crippen LogP contribution in [0.5, 0.6) is 0 Å². The third kappa shape index (κ3) is 3.13. The van der Waals surface area contributed by atoms with Gasteiger partial charge in [0.1, 0.15) is 5.82 Å². The van der Waals surface area contributed by atoms with Crippen LogP contribution in [-0.2, 0) is 17.8 Å². The summed E-state index contributed by atoms with van der Waals surface area (Å²) in [5, 5.41) is 0. The smallest absolute Gasteiger partial charge is 0.237 e. The van der Waals surface area contributed by atoms with E-state index in [0.29, 0.717) is 25.1 Å². The monoisotopic (exact) mass is 358 g/mol. The van der Waals surface area contributed by atoms with E-state index < -0.39 is 0 Å². The van der Waals surface area contributed by atoms with E-state index in [9.17, 15) is 4.79 Å². The molecular weight excluding hydrogens is 328 g/mol. The van der Waals surface area contributed by atoms with Gasteiger partial charge in [-0.2, -0.15) is 4.98 Å². The fraction of sp³-hybridized carbons (Fsp3) is 0.737. The number of piperidine rings is 1. The second kappa shape index (κ2) is 6.68. The van der Waals surface area contributed by atoms with E-state index in [4.69, 9.17) is 9.97 Å². The van der Waals surface area contributed by atoms with Crippen LogP contribution < -0.4 is 9.80 Å². The number of rotatable bonds is 4. The van der Waals surface area contributed by atoms with Gasteiger partial charge in [0, 0.05) is 52.9 Å². The fourth-order valence-corrected chi connectivity index (χ4v) is 4.67. The van der Waals surface area contributed by atoms with Gasteiger partial charge in [-0.05, 0) is 31.6 Å². The lowest BCUT2D eigenvalue weighted by molar-refractivity contribution is -0.133. The van der Waals surface area contributed by atoms with Gasteiger partial charge in [-0.25, -0.2) is 4.98 Å². The van der Waals surface area contributed by atoms with Crippen molar-refractivity contribution >= 4 is 17.7 Å². The van der Waals surface area contributed by atoms with Crippen molar-refractivity contribution in [1.29, 1.82) is 0 Å². The number of aromatic nitrogens is 2. The summed E-state index contributed by atoms with van der Waals surface area (Å²) < 4.78 is 0. The molecule has 0 radical (unpaired) electrons. The summed E-state index contributed by atoms with van der Waals surface area (Å²) in [5.41, 5.74) is 2.18. The van der Waals surface area contributed by atoms with Crippen LogP contribution in [0.15, 0.2) is 0 Å². The van der Waals surface area contributed by atoms with Crippen LogP contribution in [0.1, 0.15) is 30.5 Å². The second-order valence-corrected chi connectivity index (χ2v) is 8.39. The zero-order valence-corrected chi connectivity index (χ0v) is 16.4. The molecule has 2 bridgehead atoms. The minimum absolute atomic E-state index is 0.250. The Morgan fingerprint density at radius 3 is 2.58 bits per heavy atom. The second-order valence-electron chi connectivity index (χ2n) is 8.39. The molecule has 0 N–H and O–H groups in total. The molecule has 7 heteroatoms. The van der Waals surface area contributed by atoms with Crippen molar-refractivity contribution in [2.45, 2.75) is 38.3 Å². The van der Waals surface area contributed by atoms with Crippen LogP contribution in [0.25, 0.3) is 0 Å². The van der Waals surface area contributed by atoms with Crippen LogP contribution in [0.4, 0.5) is 11.8 Å². The van der Waals surface area contributed by atoms with Crippen LogP contribution in [0.2, 0.25) is 0 Å². The summed E-state index contributed by atoms with van der Waals surface area (Å²) >= 11 is 0. The van der Waals surface area contributed by atoms with Crippen molar-refractivity contribution in [1.82, 2.24) is 19.8 Å². The number of amides is 1. The Morgan fingerprint density at radius 1 is 1.15 bits per heavy atom. The molecule has 3 aliphatic rings. The largest absolute Gasteiger partial charge is 0.362 e. The van der Waals surface area contributed by atoms with Crippen molar-refractivity contribution < 1.29 is 4.79 Å². The highest BCUT2D eigenvalue weighted by Crippen LogP contribution is 2.37. The van der Waals surface area contributed by atoms with Gasteiger partial charge in [0.05, 0.1) is 18.8 Å². The number of nitrogens with zero attached hydrogens (tertiary/aromatic N) is 6. The average molecular weight is 358 g/mol. The van der Waals surface area contributed by atoms with Crippen molar-refractivity contribution in [2.24, 2.45) is 5.92 Å². The van der Waals surface area contributed by atoms with E-state index in [2.05, 4.69) is 4.90 Å². The summed E-state index contributed by atoms with van der Waals surface area (Å²) in [6.45, 7) is 3.04. The lowest BCUT2D eigenvalue weighted by Gasteiger charge is -2.33. The standard InChI is InChI=1S/C19H30N6O/c1-22(2)18-15-7-8-24(11-16(15)20-19(21-18)23(3)4)17(26)12-25-10-13-5-6-14(25)9-13/h13-14H,5-12H2,1-4H3/t13-,14+/m0/s1. The number of hydrogen-bond donors (Lipinski definition) is 0. The van der Waals surface area contributed by atoms with E-state index >= 15 is 0 Å². The molecule has 0 unspecified atom stereocenters. The van der Waals surface area contributed by atoms with Crippen molar-refractivity contribution in [3.05, 3.63) is 11.3 Å². The molecule has 7 nitrogen and oxygen atoms in total. The van der Waals surface area contributed by atoms with Crippen LogP contribution in [-0.4, -0.2) is 79.5 Å². The van der Waals surface area contributed by atoms with Gasteiger partial charge in [0.25, 0.3) is 0 Å². The molecule has 2 aliphatic heterocycles. The molecule has 3 heterocycles. The van der Waals surface area contributed by atoms with Gasteiger partial charge >= 0.3 is 0 Å². The molecule has 2 fully saturated rings. The molecule has 1 saturated carbocycles. The molecule has 1 aromatic rings. The van der Waals surface area contributed by atoms with Crippen molar-refractivity contribution in [3.63, 3.8) is 0 Å². The van der Waals surface area contributed by atoms with Crippen LogP contribution in [0, 0.1) is 5.92 Å². The van der Waals surface area contributed by atoms with E-state index in [0.717, 1.165) is 36.9 Å². The first-order valence-electron chi connectivity index (χ1n) is 9.68. The minimum atomic E-state index is 0.250.